The van der Waals surface area contributed by atoms with E-state index in [1.807, 2.05) is 0 Å². The van der Waals surface area contributed by atoms with Gasteiger partial charge in [0.1, 0.15) is 5.82 Å². The number of amidine groups is 1. The van der Waals surface area contributed by atoms with E-state index in [-0.39, 0.29) is 5.69 Å². The summed E-state index contributed by atoms with van der Waals surface area (Å²) in [5, 5.41) is 3.16. The minimum atomic E-state index is -2.03. The van der Waals surface area contributed by atoms with E-state index in [4.69, 9.17) is 46.4 Å². The molecule has 152 valence electrons. The van der Waals surface area contributed by atoms with Gasteiger partial charge in [0.2, 0.25) is 9.63 Å². The molecule has 0 aromatic heterocycles. The zero-order valence-electron chi connectivity index (χ0n) is 14.7. The SMILES string of the molecule is CN1C(=O)C(=NC(Nc2ccccc2Cl)C(Cl)(Cl)Cl)N(c2ccccc2F)C1=O. The van der Waals surface area contributed by atoms with Crippen molar-refractivity contribution in [3.05, 3.63) is 59.4 Å². The fourth-order valence-corrected chi connectivity index (χ4v) is 3.07. The van der Waals surface area contributed by atoms with Gasteiger partial charge in [0.25, 0.3) is 5.91 Å². The lowest BCUT2D eigenvalue weighted by Gasteiger charge is -2.25. The average molecular weight is 478 g/mol. The highest BCUT2D eigenvalue weighted by molar-refractivity contribution is 6.68. The van der Waals surface area contributed by atoms with E-state index >= 15 is 0 Å². The lowest BCUT2D eigenvalue weighted by Crippen LogP contribution is -2.38. The molecule has 1 heterocycles. The number of hydrogen-bond donors (Lipinski definition) is 1. The Morgan fingerprint density at radius 2 is 1.69 bits per heavy atom. The number of hydrogen-bond acceptors (Lipinski definition) is 4. The predicted molar refractivity (Wildman–Crippen MR) is 114 cm³/mol. The lowest BCUT2D eigenvalue weighted by molar-refractivity contribution is -0.119. The molecule has 0 radical (unpaired) electrons. The molecule has 29 heavy (non-hydrogen) atoms. The van der Waals surface area contributed by atoms with Crippen LogP contribution in [0.4, 0.5) is 20.6 Å². The maximum Gasteiger partial charge on any atom is 0.337 e. The normalized spacial score (nSPS) is 17.2. The highest BCUT2D eigenvalue weighted by Crippen LogP contribution is 2.35. The largest absolute Gasteiger partial charge is 0.359 e. The van der Waals surface area contributed by atoms with Crippen LogP contribution in [-0.4, -0.2) is 39.7 Å². The number of rotatable bonds is 4. The van der Waals surface area contributed by atoms with Crippen molar-refractivity contribution in [2.75, 3.05) is 17.3 Å². The molecule has 6 nitrogen and oxygen atoms in total. The highest BCUT2D eigenvalue weighted by atomic mass is 35.6. The molecule has 0 spiro atoms. The van der Waals surface area contributed by atoms with Gasteiger partial charge in [-0.3, -0.25) is 9.69 Å². The first-order valence-corrected chi connectivity index (χ1v) is 9.64. The van der Waals surface area contributed by atoms with Crippen LogP contribution in [0, 0.1) is 5.82 Å². The molecule has 1 aliphatic heterocycles. The fraction of sp³-hybridized carbons (Fsp3) is 0.167. The molecule has 1 fully saturated rings. The zero-order valence-corrected chi connectivity index (χ0v) is 17.8. The smallest absolute Gasteiger partial charge is 0.337 e. The van der Waals surface area contributed by atoms with Crippen LogP contribution in [0.3, 0.4) is 0 Å². The quantitative estimate of drug-likeness (QED) is 0.493. The maximum atomic E-state index is 14.3. The third-order valence-electron chi connectivity index (χ3n) is 4.01. The minimum absolute atomic E-state index is 0.158. The van der Waals surface area contributed by atoms with Gasteiger partial charge < -0.3 is 5.32 Å². The molecular formula is C18H13Cl4FN4O2. The molecule has 1 atom stereocenters. The number of nitrogens with zero attached hydrogens (tertiary/aromatic N) is 3. The number of imide groups is 1. The summed E-state index contributed by atoms with van der Waals surface area (Å²) in [6, 6.07) is 11.3. The van der Waals surface area contributed by atoms with E-state index in [1.165, 1.54) is 25.2 Å². The molecule has 0 bridgehead atoms. The van der Waals surface area contributed by atoms with Gasteiger partial charge in [0.15, 0.2) is 6.17 Å². The Hall–Kier alpha value is -2.06. The first-order valence-electron chi connectivity index (χ1n) is 8.13. The fourth-order valence-electron chi connectivity index (χ4n) is 2.57. The number of carbonyl (C=O) groups excluding carboxylic acids is 2. The molecule has 2 aromatic rings. The van der Waals surface area contributed by atoms with Gasteiger partial charge in [-0.2, -0.15) is 0 Å². The van der Waals surface area contributed by atoms with Gasteiger partial charge in [-0.25, -0.2) is 19.1 Å². The van der Waals surface area contributed by atoms with Crippen LogP contribution >= 0.6 is 46.4 Å². The summed E-state index contributed by atoms with van der Waals surface area (Å²) in [6.45, 7) is 0. The second kappa shape index (κ2) is 8.36. The molecule has 1 unspecified atom stereocenters. The van der Waals surface area contributed by atoms with Gasteiger partial charge in [0.05, 0.1) is 16.4 Å². The second-order valence-electron chi connectivity index (χ2n) is 5.95. The van der Waals surface area contributed by atoms with Crippen LogP contribution in [0.1, 0.15) is 0 Å². The standard InChI is InChI=1S/C18H13Cl4FN4O2/c1-26-15(28)14(27(17(26)29)13-9-5-3-7-11(13)23)25-16(18(20,21)22)24-12-8-4-2-6-10(12)19/h2-9,16,24H,1H3. The van der Waals surface area contributed by atoms with Crippen molar-refractivity contribution in [1.82, 2.24) is 4.90 Å². The van der Waals surface area contributed by atoms with Crippen molar-refractivity contribution < 1.29 is 14.0 Å². The summed E-state index contributed by atoms with van der Waals surface area (Å²) in [4.78, 5) is 31.0. The van der Waals surface area contributed by atoms with E-state index in [0.717, 1.165) is 15.9 Å². The molecule has 1 N–H and O–H groups in total. The van der Waals surface area contributed by atoms with Crippen molar-refractivity contribution in [3.8, 4) is 0 Å². The topological polar surface area (TPSA) is 65.0 Å². The maximum absolute atomic E-state index is 14.3. The van der Waals surface area contributed by atoms with Gasteiger partial charge in [0, 0.05) is 7.05 Å². The van der Waals surface area contributed by atoms with Crippen LogP contribution < -0.4 is 10.2 Å². The van der Waals surface area contributed by atoms with Crippen LogP contribution in [-0.2, 0) is 4.79 Å². The molecular weight excluding hydrogens is 465 g/mol. The van der Waals surface area contributed by atoms with Gasteiger partial charge in [-0.1, -0.05) is 70.7 Å². The average Bonchev–Trinajstić information content (AvgIpc) is 2.86. The van der Waals surface area contributed by atoms with Crippen molar-refractivity contribution in [3.63, 3.8) is 0 Å². The number of urea groups is 1. The number of alkyl halides is 3. The Morgan fingerprint density at radius 3 is 2.31 bits per heavy atom. The molecule has 2 aromatic carbocycles. The molecule has 3 rings (SSSR count). The number of halogens is 5. The van der Waals surface area contributed by atoms with Crippen molar-refractivity contribution in [2.45, 2.75) is 9.96 Å². The summed E-state index contributed by atoms with van der Waals surface area (Å²) < 4.78 is 12.3. The molecule has 1 aliphatic rings. The molecule has 0 saturated carbocycles. The number of benzene rings is 2. The Bertz CT molecular complexity index is 996. The lowest BCUT2D eigenvalue weighted by atomic mass is 10.3. The van der Waals surface area contributed by atoms with Gasteiger partial charge in [-0.05, 0) is 24.3 Å². The Balaban J connectivity index is 2.09. The van der Waals surface area contributed by atoms with E-state index in [9.17, 15) is 14.0 Å². The van der Waals surface area contributed by atoms with Crippen LogP contribution in [0.15, 0.2) is 53.5 Å². The number of aliphatic imine (C=N–C) groups is 1. The van der Waals surface area contributed by atoms with Crippen molar-refractivity contribution >= 4 is 75.6 Å². The summed E-state index contributed by atoms with van der Waals surface area (Å²) in [5.74, 6) is -1.90. The molecule has 1 saturated heterocycles. The number of anilines is 2. The molecule has 0 aliphatic carbocycles. The summed E-state index contributed by atoms with van der Waals surface area (Å²) >= 11 is 24.2. The first kappa shape index (κ1) is 21.6. The molecule has 3 amide bonds. The zero-order chi connectivity index (χ0) is 21.3. The predicted octanol–water partition coefficient (Wildman–Crippen LogP) is 5.08. The number of likely N-dealkylation sites (N-methyl/N-ethyl adjacent to an activating group) is 1. The van der Waals surface area contributed by atoms with E-state index < -0.39 is 33.5 Å². The van der Waals surface area contributed by atoms with E-state index in [0.29, 0.717) is 10.7 Å². The van der Waals surface area contributed by atoms with Gasteiger partial charge >= 0.3 is 6.03 Å². The molecule has 11 heteroatoms. The van der Waals surface area contributed by atoms with Crippen molar-refractivity contribution in [1.29, 1.82) is 0 Å². The van der Waals surface area contributed by atoms with Gasteiger partial charge in [-0.15, -0.1) is 0 Å². The van der Waals surface area contributed by atoms with Crippen LogP contribution in [0.25, 0.3) is 0 Å². The minimum Gasteiger partial charge on any atom is -0.359 e. The summed E-state index contributed by atoms with van der Waals surface area (Å²) in [6.07, 6.45) is -1.32. The Labute approximate surface area is 185 Å². The van der Waals surface area contributed by atoms with E-state index in [2.05, 4.69) is 10.3 Å². The second-order valence-corrected chi connectivity index (χ2v) is 8.73. The third-order valence-corrected chi connectivity index (χ3v) is 4.96. The summed E-state index contributed by atoms with van der Waals surface area (Å²) in [5.41, 5.74) is 0.229. The number of carbonyl (C=O) groups is 2. The van der Waals surface area contributed by atoms with Crippen LogP contribution in [0.2, 0.25) is 5.02 Å². The number of para-hydroxylation sites is 2. The number of amides is 3. The third kappa shape index (κ3) is 4.43. The Morgan fingerprint density at radius 1 is 1.07 bits per heavy atom. The monoisotopic (exact) mass is 476 g/mol. The van der Waals surface area contributed by atoms with Crippen LogP contribution in [0.5, 0.6) is 0 Å². The highest BCUT2D eigenvalue weighted by Gasteiger charge is 2.44. The van der Waals surface area contributed by atoms with E-state index in [1.54, 1.807) is 24.3 Å². The summed E-state index contributed by atoms with van der Waals surface area (Å²) in [7, 11) is 1.24. The van der Waals surface area contributed by atoms with Crippen molar-refractivity contribution in [2.24, 2.45) is 4.99 Å². The number of nitrogens with one attached hydrogen (secondary N) is 1. The first-order chi connectivity index (χ1) is 13.6. The Kier molecular flexibility index (Phi) is 6.24.